The smallest absolute Gasteiger partial charge is 0.227 e. The zero-order chi connectivity index (χ0) is 12.9. The molecule has 1 fully saturated rings. The molecule has 100 valence electrons. The number of carbonyl (C=O) groups excluding carboxylic acids is 1. The van der Waals surface area contributed by atoms with Crippen molar-refractivity contribution in [3.05, 3.63) is 0 Å². The quantitative estimate of drug-likeness (QED) is 0.651. The van der Waals surface area contributed by atoms with E-state index in [1.54, 1.807) is 0 Å². The Morgan fingerprint density at radius 3 is 2.47 bits per heavy atom. The fraction of sp³-hybridized carbons (Fsp3) is 0.923. The summed E-state index contributed by atoms with van der Waals surface area (Å²) >= 11 is 0. The molecule has 4 N–H and O–H groups in total. The van der Waals surface area contributed by atoms with Crippen LogP contribution >= 0.6 is 0 Å². The van der Waals surface area contributed by atoms with E-state index >= 15 is 0 Å². The van der Waals surface area contributed by atoms with Crippen molar-refractivity contribution < 1.29 is 9.90 Å². The van der Waals surface area contributed by atoms with Gasteiger partial charge in [-0.05, 0) is 38.0 Å². The van der Waals surface area contributed by atoms with Crippen molar-refractivity contribution in [3.8, 4) is 0 Å². The van der Waals surface area contributed by atoms with Crippen LogP contribution in [0.4, 0.5) is 0 Å². The van der Waals surface area contributed by atoms with Gasteiger partial charge in [0.25, 0.3) is 0 Å². The Morgan fingerprint density at radius 2 is 2.06 bits per heavy atom. The van der Waals surface area contributed by atoms with Gasteiger partial charge in [0.2, 0.25) is 5.91 Å². The highest BCUT2D eigenvalue weighted by atomic mass is 16.3. The van der Waals surface area contributed by atoms with Crippen molar-refractivity contribution in [2.45, 2.75) is 52.1 Å². The molecule has 2 atom stereocenters. The van der Waals surface area contributed by atoms with Crippen LogP contribution in [0.15, 0.2) is 0 Å². The molecule has 4 nitrogen and oxygen atoms in total. The van der Waals surface area contributed by atoms with Gasteiger partial charge in [0.05, 0.1) is 11.5 Å². The van der Waals surface area contributed by atoms with Crippen LogP contribution in [-0.2, 0) is 4.79 Å². The van der Waals surface area contributed by atoms with Gasteiger partial charge in [-0.3, -0.25) is 4.79 Å². The molecular formula is C13H26N2O2. The highest BCUT2D eigenvalue weighted by Gasteiger charge is 2.33. The highest BCUT2D eigenvalue weighted by Crippen LogP contribution is 2.27. The minimum Gasteiger partial charge on any atom is -0.393 e. The Morgan fingerprint density at radius 1 is 1.41 bits per heavy atom. The molecule has 0 spiro atoms. The molecule has 1 rings (SSSR count). The van der Waals surface area contributed by atoms with Crippen molar-refractivity contribution in [2.24, 2.45) is 17.1 Å². The molecule has 0 aliphatic heterocycles. The molecule has 17 heavy (non-hydrogen) atoms. The molecule has 0 bridgehead atoms. The van der Waals surface area contributed by atoms with Gasteiger partial charge in [0, 0.05) is 13.1 Å². The van der Waals surface area contributed by atoms with E-state index < -0.39 is 5.41 Å². The van der Waals surface area contributed by atoms with Gasteiger partial charge < -0.3 is 16.2 Å². The normalized spacial score (nSPS) is 24.9. The SMILES string of the molecule is CCC(CC)(CN)C(=O)NCC1CCC(O)C1. The van der Waals surface area contributed by atoms with Gasteiger partial charge in [0.1, 0.15) is 0 Å². The minimum absolute atomic E-state index is 0.0754. The number of aliphatic hydroxyl groups is 1. The number of carbonyl (C=O) groups is 1. The molecule has 0 heterocycles. The number of amides is 1. The third-order valence-electron chi connectivity index (χ3n) is 4.29. The first-order chi connectivity index (χ1) is 8.07. The molecule has 1 saturated carbocycles. The van der Waals surface area contributed by atoms with Crippen LogP contribution in [0.3, 0.4) is 0 Å². The molecule has 1 amide bonds. The number of nitrogens with two attached hydrogens (primary N) is 1. The van der Waals surface area contributed by atoms with E-state index in [9.17, 15) is 9.90 Å². The third kappa shape index (κ3) is 3.42. The second-order valence-corrected chi connectivity index (χ2v) is 5.23. The predicted molar refractivity (Wildman–Crippen MR) is 68.4 cm³/mol. The average Bonchev–Trinajstić information content (AvgIpc) is 2.75. The summed E-state index contributed by atoms with van der Waals surface area (Å²) in [5, 5.41) is 12.4. The zero-order valence-electron chi connectivity index (χ0n) is 11.0. The van der Waals surface area contributed by atoms with Gasteiger partial charge >= 0.3 is 0 Å². The fourth-order valence-corrected chi connectivity index (χ4v) is 2.61. The van der Waals surface area contributed by atoms with Crippen molar-refractivity contribution in [1.29, 1.82) is 0 Å². The van der Waals surface area contributed by atoms with Crippen LogP contribution in [0, 0.1) is 11.3 Å². The van der Waals surface area contributed by atoms with Gasteiger partial charge in [0.15, 0.2) is 0 Å². The van der Waals surface area contributed by atoms with Gasteiger partial charge in [-0.25, -0.2) is 0 Å². The van der Waals surface area contributed by atoms with Crippen LogP contribution < -0.4 is 11.1 Å². The summed E-state index contributed by atoms with van der Waals surface area (Å²) in [5.41, 5.74) is 5.33. The van der Waals surface area contributed by atoms with E-state index in [4.69, 9.17) is 5.73 Å². The molecule has 0 aromatic carbocycles. The third-order valence-corrected chi connectivity index (χ3v) is 4.29. The predicted octanol–water partition coefficient (Wildman–Crippen LogP) is 1.03. The topological polar surface area (TPSA) is 75.4 Å². The van der Waals surface area contributed by atoms with E-state index in [0.717, 1.165) is 32.1 Å². The number of rotatable bonds is 6. The number of nitrogens with one attached hydrogen (secondary N) is 1. The lowest BCUT2D eigenvalue weighted by Crippen LogP contribution is -2.46. The molecular weight excluding hydrogens is 216 g/mol. The standard InChI is InChI=1S/C13H26N2O2/c1-3-13(4-2,9-14)12(17)15-8-10-5-6-11(16)7-10/h10-11,16H,3-9,14H2,1-2H3,(H,15,17). The minimum atomic E-state index is -0.406. The highest BCUT2D eigenvalue weighted by molar-refractivity contribution is 5.82. The zero-order valence-corrected chi connectivity index (χ0v) is 11.0. The summed E-state index contributed by atoms with van der Waals surface area (Å²) < 4.78 is 0. The maximum Gasteiger partial charge on any atom is 0.227 e. The lowest BCUT2D eigenvalue weighted by atomic mass is 9.81. The first-order valence-corrected chi connectivity index (χ1v) is 6.74. The van der Waals surface area contributed by atoms with Crippen LogP contribution in [0.5, 0.6) is 0 Å². The molecule has 1 aliphatic rings. The summed E-state index contributed by atoms with van der Waals surface area (Å²) in [4.78, 5) is 12.1. The fourth-order valence-electron chi connectivity index (χ4n) is 2.61. The summed E-state index contributed by atoms with van der Waals surface area (Å²) in [7, 11) is 0. The lowest BCUT2D eigenvalue weighted by Gasteiger charge is -2.29. The number of hydrogen-bond donors (Lipinski definition) is 3. The van der Waals surface area contributed by atoms with Crippen LogP contribution in [0.1, 0.15) is 46.0 Å². The maximum absolute atomic E-state index is 12.1. The Hall–Kier alpha value is -0.610. The maximum atomic E-state index is 12.1. The second-order valence-electron chi connectivity index (χ2n) is 5.23. The number of hydrogen-bond acceptors (Lipinski definition) is 3. The van der Waals surface area contributed by atoms with Crippen molar-refractivity contribution in [1.82, 2.24) is 5.32 Å². The van der Waals surface area contributed by atoms with E-state index in [-0.39, 0.29) is 12.0 Å². The van der Waals surface area contributed by atoms with Crippen LogP contribution in [0.25, 0.3) is 0 Å². The van der Waals surface area contributed by atoms with Crippen LogP contribution in [-0.4, -0.2) is 30.2 Å². The molecule has 4 heteroatoms. The van der Waals surface area contributed by atoms with Crippen molar-refractivity contribution >= 4 is 5.91 Å². The Labute approximate surface area is 104 Å². The first-order valence-electron chi connectivity index (χ1n) is 6.74. The van der Waals surface area contributed by atoms with E-state index in [1.807, 2.05) is 13.8 Å². The molecule has 0 saturated heterocycles. The second kappa shape index (κ2) is 6.36. The summed E-state index contributed by atoms with van der Waals surface area (Å²) in [6.45, 7) is 5.10. The van der Waals surface area contributed by atoms with E-state index in [1.165, 1.54) is 0 Å². The molecule has 0 aromatic heterocycles. The first kappa shape index (κ1) is 14.5. The van der Waals surface area contributed by atoms with Gasteiger partial charge in [-0.2, -0.15) is 0 Å². The molecule has 0 aromatic rings. The lowest BCUT2D eigenvalue weighted by molar-refractivity contribution is -0.131. The molecule has 2 unspecified atom stereocenters. The van der Waals surface area contributed by atoms with E-state index in [2.05, 4.69) is 5.32 Å². The van der Waals surface area contributed by atoms with Crippen LogP contribution in [0.2, 0.25) is 0 Å². The van der Waals surface area contributed by atoms with E-state index in [0.29, 0.717) is 19.0 Å². The number of aliphatic hydroxyl groups excluding tert-OH is 1. The van der Waals surface area contributed by atoms with Crippen molar-refractivity contribution in [3.63, 3.8) is 0 Å². The Bertz CT molecular complexity index is 244. The monoisotopic (exact) mass is 242 g/mol. The van der Waals surface area contributed by atoms with Gasteiger partial charge in [-0.1, -0.05) is 13.8 Å². The summed E-state index contributed by atoms with van der Waals surface area (Å²) in [5.74, 6) is 0.504. The Kier molecular flexibility index (Phi) is 5.40. The van der Waals surface area contributed by atoms with Gasteiger partial charge in [-0.15, -0.1) is 0 Å². The average molecular weight is 242 g/mol. The largest absolute Gasteiger partial charge is 0.393 e. The summed E-state index contributed by atoms with van der Waals surface area (Å²) in [6.07, 6.45) is 4.07. The Balaban J connectivity index is 2.42. The molecule has 1 aliphatic carbocycles. The molecule has 0 radical (unpaired) electrons. The van der Waals surface area contributed by atoms with Crippen molar-refractivity contribution in [2.75, 3.05) is 13.1 Å². The summed E-state index contributed by atoms with van der Waals surface area (Å²) in [6, 6.07) is 0.